The standard InChI is InChI=1S/C18H23N3O2/c1-12-16(14(3)22)13(2)20-17(12)18(23)19-10-11-21(4)15-8-6-5-7-9-15/h5-9,20H,10-11H2,1-4H3,(H,19,23). The summed E-state index contributed by atoms with van der Waals surface area (Å²) in [5.74, 6) is -0.210. The van der Waals surface area contributed by atoms with E-state index in [1.54, 1.807) is 6.92 Å². The maximum Gasteiger partial charge on any atom is 0.268 e. The van der Waals surface area contributed by atoms with Gasteiger partial charge in [0.1, 0.15) is 5.69 Å². The molecule has 2 N–H and O–H groups in total. The number of H-pyrrole nitrogens is 1. The van der Waals surface area contributed by atoms with Crippen LogP contribution in [0, 0.1) is 13.8 Å². The van der Waals surface area contributed by atoms with Crippen molar-refractivity contribution in [2.24, 2.45) is 0 Å². The number of carbonyl (C=O) groups is 2. The Morgan fingerprint density at radius 2 is 1.83 bits per heavy atom. The van der Waals surface area contributed by atoms with Crippen molar-refractivity contribution in [2.45, 2.75) is 20.8 Å². The summed E-state index contributed by atoms with van der Waals surface area (Å²) in [4.78, 5) is 29.0. The Bertz CT molecular complexity index is 705. The Balaban J connectivity index is 1.96. The summed E-state index contributed by atoms with van der Waals surface area (Å²) in [6.07, 6.45) is 0. The van der Waals surface area contributed by atoms with Gasteiger partial charge >= 0.3 is 0 Å². The second kappa shape index (κ2) is 7.13. The lowest BCUT2D eigenvalue weighted by Crippen LogP contribution is -2.33. The number of hydrogen-bond acceptors (Lipinski definition) is 3. The number of hydrogen-bond donors (Lipinski definition) is 2. The zero-order valence-electron chi connectivity index (χ0n) is 14.1. The van der Waals surface area contributed by atoms with E-state index in [1.165, 1.54) is 6.92 Å². The van der Waals surface area contributed by atoms with Gasteiger partial charge in [-0.25, -0.2) is 0 Å². The number of Topliss-reactive ketones (excluding diaryl/α,β-unsaturated/α-hetero) is 1. The molecule has 1 heterocycles. The predicted molar refractivity (Wildman–Crippen MR) is 92.3 cm³/mol. The lowest BCUT2D eigenvalue weighted by molar-refractivity contribution is 0.0949. The lowest BCUT2D eigenvalue weighted by atomic mass is 10.1. The molecule has 1 aromatic heterocycles. The molecule has 0 saturated carbocycles. The van der Waals surface area contributed by atoms with Gasteiger partial charge in [-0.2, -0.15) is 0 Å². The molecule has 0 spiro atoms. The first-order valence-electron chi connectivity index (χ1n) is 7.66. The van der Waals surface area contributed by atoms with E-state index in [4.69, 9.17) is 0 Å². The molecule has 5 nitrogen and oxygen atoms in total. The predicted octanol–water partition coefficient (Wildman–Crippen LogP) is 2.70. The zero-order valence-corrected chi connectivity index (χ0v) is 14.1. The minimum atomic E-state index is -0.181. The van der Waals surface area contributed by atoms with Crippen molar-refractivity contribution >= 4 is 17.4 Å². The van der Waals surface area contributed by atoms with Crippen molar-refractivity contribution in [1.29, 1.82) is 0 Å². The second-order valence-corrected chi connectivity index (χ2v) is 5.69. The first-order valence-corrected chi connectivity index (χ1v) is 7.66. The van der Waals surface area contributed by atoms with Crippen molar-refractivity contribution in [3.8, 4) is 0 Å². The third-order valence-electron chi connectivity index (χ3n) is 3.95. The number of nitrogens with one attached hydrogen (secondary N) is 2. The van der Waals surface area contributed by atoms with Gasteiger partial charge in [0, 0.05) is 37.1 Å². The van der Waals surface area contributed by atoms with E-state index in [0.29, 0.717) is 29.9 Å². The van der Waals surface area contributed by atoms with Crippen molar-refractivity contribution in [3.63, 3.8) is 0 Å². The van der Waals surface area contributed by atoms with Gasteiger partial charge in [-0.15, -0.1) is 0 Å². The van der Waals surface area contributed by atoms with E-state index in [-0.39, 0.29) is 11.7 Å². The number of likely N-dealkylation sites (N-methyl/N-ethyl adjacent to an activating group) is 1. The number of aryl methyl sites for hydroxylation is 1. The van der Waals surface area contributed by atoms with Gasteiger partial charge in [-0.3, -0.25) is 9.59 Å². The maximum absolute atomic E-state index is 12.3. The molecular formula is C18H23N3O2. The third kappa shape index (κ3) is 3.80. The minimum Gasteiger partial charge on any atom is -0.373 e. The number of ketones is 1. The molecule has 23 heavy (non-hydrogen) atoms. The van der Waals surface area contributed by atoms with Gasteiger partial charge in [-0.05, 0) is 38.5 Å². The first-order chi connectivity index (χ1) is 10.9. The van der Waals surface area contributed by atoms with E-state index in [2.05, 4.69) is 15.2 Å². The molecule has 2 aromatic rings. The largest absolute Gasteiger partial charge is 0.373 e. The Kier molecular flexibility index (Phi) is 5.21. The highest BCUT2D eigenvalue weighted by Gasteiger charge is 2.19. The number of para-hydroxylation sites is 1. The molecule has 1 aromatic carbocycles. The number of carbonyl (C=O) groups excluding carboxylic acids is 2. The molecule has 2 rings (SSSR count). The Morgan fingerprint density at radius 3 is 2.39 bits per heavy atom. The van der Waals surface area contributed by atoms with Crippen LogP contribution in [0.5, 0.6) is 0 Å². The summed E-state index contributed by atoms with van der Waals surface area (Å²) in [6.45, 7) is 6.35. The first kappa shape index (κ1) is 16.8. The Hall–Kier alpha value is -2.56. The highest BCUT2D eigenvalue weighted by Crippen LogP contribution is 2.18. The topological polar surface area (TPSA) is 65.2 Å². The van der Waals surface area contributed by atoms with E-state index in [1.807, 2.05) is 44.3 Å². The summed E-state index contributed by atoms with van der Waals surface area (Å²) >= 11 is 0. The lowest BCUT2D eigenvalue weighted by Gasteiger charge is -2.19. The molecule has 0 fully saturated rings. The van der Waals surface area contributed by atoms with Crippen molar-refractivity contribution in [2.75, 3.05) is 25.0 Å². The third-order valence-corrected chi connectivity index (χ3v) is 3.95. The van der Waals surface area contributed by atoms with Gasteiger partial charge in [0.25, 0.3) is 5.91 Å². The zero-order chi connectivity index (χ0) is 17.0. The van der Waals surface area contributed by atoms with Crippen molar-refractivity contribution < 1.29 is 9.59 Å². The summed E-state index contributed by atoms with van der Waals surface area (Å²) in [7, 11) is 1.99. The normalized spacial score (nSPS) is 10.4. The van der Waals surface area contributed by atoms with E-state index < -0.39 is 0 Å². The van der Waals surface area contributed by atoms with Gasteiger partial charge in [-0.1, -0.05) is 18.2 Å². The van der Waals surface area contributed by atoms with Crippen LogP contribution in [0.2, 0.25) is 0 Å². The number of benzene rings is 1. The Labute approximate surface area is 136 Å². The summed E-state index contributed by atoms with van der Waals surface area (Å²) in [5, 5.41) is 2.90. The average Bonchev–Trinajstić information content (AvgIpc) is 2.82. The fraction of sp³-hybridized carbons (Fsp3) is 0.333. The number of anilines is 1. The molecule has 0 aliphatic heterocycles. The number of nitrogens with zero attached hydrogens (tertiary/aromatic N) is 1. The SMILES string of the molecule is CC(=O)c1c(C)[nH]c(C(=O)NCCN(C)c2ccccc2)c1C. The quantitative estimate of drug-likeness (QED) is 0.806. The molecule has 0 bridgehead atoms. The van der Waals surface area contributed by atoms with Crippen molar-refractivity contribution in [1.82, 2.24) is 10.3 Å². The van der Waals surface area contributed by atoms with Crippen LogP contribution in [0.15, 0.2) is 30.3 Å². The molecule has 0 unspecified atom stereocenters. The molecule has 122 valence electrons. The van der Waals surface area contributed by atoms with Crippen LogP contribution in [0.4, 0.5) is 5.69 Å². The molecule has 0 saturated heterocycles. The number of aromatic amines is 1. The smallest absolute Gasteiger partial charge is 0.268 e. The van der Waals surface area contributed by atoms with Crippen LogP contribution in [0.1, 0.15) is 39.0 Å². The van der Waals surface area contributed by atoms with Gasteiger partial charge in [0.15, 0.2) is 5.78 Å². The van der Waals surface area contributed by atoms with Crippen LogP contribution >= 0.6 is 0 Å². The van der Waals surface area contributed by atoms with Crippen LogP contribution in [-0.2, 0) is 0 Å². The monoisotopic (exact) mass is 313 g/mol. The van der Waals surface area contributed by atoms with Crippen LogP contribution < -0.4 is 10.2 Å². The Morgan fingerprint density at radius 1 is 1.17 bits per heavy atom. The highest BCUT2D eigenvalue weighted by atomic mass is 16.2. The van der Waals surface area contributed by atoms with Gasteiger partial charge in [0.2, 0.25) is 0 Å². The van der Waals surface area contributed by atoms with Crippen molar-refractivity contribution in [3.05, 3.63) is 52.8 Å². The number of amides is 1. The fourth-order valence-corrected chi connectivity index (χ4v) is 2.74. The number of rotatable bonds is 6. The fourth-order valence-electron chi connectivity index (χ4n) is 2.74. The van der Waals surface area contributed by atoms with Gasteiger partial charge in [0.05, 0.1) is 0 Å². The molecule has 0 radical (unpaired) electrons. The molecule has 1 amide bonds. The summed E-state index contributed by atoms with van der Waals surface area (Å²) in [6, 6.07) is 10.00. The molecule has 0 atom stereocenters. The highest BCUT2D eigenvalue weighted by molar-refractivity contribution is 6.02. The van der Waals surface area contributed by atoms with E-state index in [0.717, 1.165) is 11.4 Å². The summed E-state index contributed by atoms with van der Waals surface area (Å²) in [5.41, 5.74) is 3.63. The minimum absolute atomic E-state index is 0.0286. The average molecular weight is 313 g/mol. The molecular weight excluding hydrogens is 290 g/mol. The molecule has 5 heteroatoms. The number of aromatic nitrogens is 1. The van der Waals surface area contributed by atoms with Gasteiger partial charge < -0.3 is 15.2 Å². The molecule has 0 aliphatic rings. The van der Waals surface area contributed by atoms with E-state index >= 15 is 0 Å². The van der Waals surface area contributed by atoms with Crippen LogP contribution in [0.25, 0.3) is 0 Å². The van der Waals surface area contributed by atoms with Crippen LogP contribution in [-0.4, -0.2) is 36.8 Å². The second-order valence-electron chi connectivity index (χ2n) is 5.69. The maximum atomic E-state index is 12.3. The summed E-state index contributed by atoms with van der Waals surface area (Å²) < 4.78 is 0. The van der Waals surface area contributed by atoms with E-state index in [9.17, 15) is 9.59 Å². The molecule has 0 aliphatic carbocycles. The van der Waals surface area contributed by atoms with Crippen LogP contribution in [0.3, 0.4) is 0 Å².